The van der Waals surface area contributed by atoms with Gasteiger partial charge in [0, 0.05) is 12.6 Å². The maximum Gasteiger partial charge on any atom is 0.0319 e. The van der Waals surface area contributed by atoms with Crippen LogP contribution >= 0.6 is 0 Å². The van der Waals surface area contributed by atoms with Crippen molar-refractivity contribution in [3.05, 3.63) is 35.4 Å². The Labute approximate surface area is 124 Å². The molecule has 2 nitrogen and oxygen atoms in total. The molecule has 0 radical (unpaired) electrons. The normalized spacial score (nSPS) is 21.1. The first-order chi connectivity index (χ1) is 9.74. The van der Waals surface area contributed by atoms with Gasteiger partial charge in [-0.1, -0.05) is 38.1 Å². The number of hydrogen-bond donors (Lipinski definition) is 1. The first-order valence-corrected chi connectivity index (χ1v) is 8.28. The van der Waals surface area contributed by atoms with Gasteiger partial charge in [0.15, 0.2) is 0 Å². The van der Waals surface area contributed by atoms with E-state index in [1.807, 2.05) is 0 Å². The van der Waals surface area contributed by atoms with Crippen molar-refractivity contribution in [3.63, 3.8) is 0 Å². The number of rotatable bonds is 6. The molecule has 2 rings (SSSR count). The van der Waals surface area contributed by atoms with Gasteiger partial charge in [0.2, 0.25) is 0 Å². The van der Waals surface area contributed by atoms with Gasteiger partial charge in [0.05, 0.1) is 0 Å². The Bertz CT molecular complexity index is 379. The van der Waals surface area contributed by atoms with E-state index in [0.29, 0.717) is 6.04 Å². The van der Waals surface area contributed by atoms with Crippen LogP contribution in [-0.4, -0.2) is 31.1 Å². The van der Waals surface area contributed by atoms with Crippen LogP contribution in [0.15, 0.2) is 24.3 Å². The van der Waals surface area contributed by atoms with Crippen molar-refractivity contribution in [3.8, 4) is 0 Å². The minimum absolute atomic E-state index is 0.521. The average Bonchev–Trinajstić information content (AvgIpc) is 2.53. The molecule has 1 saturated heterocycles. The predicted molar refractivity (Wildman–Crippen MR) is 87.1 cm³/mol. The zero-order valence-corrected chi connectivity index (χ0v) is 13.4. The van der Waals surface area contributed by atoms with Crippen molar-refractivity contribution in [1.82, 2.24) is 10.2 Å². The van der Waals surface area contributed by atoms with E-state index < -0.39 is 0 Å². The molecule has 1 aromatic rings. The number of nitrogens with zero attached hydrogens (tertiary/aromatic N) is 1. The first kappa shape index (κ1) is 15.5. The number of aryl methyl sites for hydroxylation is 1. The molecule has 0 bridgehead atoms. The Kier molecular flexibility index (Phi) is 6.06. The second-order valence-electron chi connectivity index (χ2n) is 6.07. The molecule has 0 aromatic heterocycles. The maximum absolute atomic E-state index is 3.53. The molecular formula is C18H30N2. The number of benzene rings is 1. The second-order valence-corrected chi connectivity index (χ2v) is 6.07. The zero-order chi connectivity index (χ0) is 14.4. The number of piperidine rings is 1. The lowest BCUT2D eigenvalue weighted by Gasteiger charge is -2.33. The third-order valence-corrected chi connectivity index (χ3v) is 4.72. The summed E-state index contributed by atoms with van der Waals surface area (Å²) in [7, 11) is 0. The average molecular weight is 274 g/mol. The van der Waals surface area contributed by atoms with Gasteiger partial charge >= 0.3 is 0 Å². The molecule has 2 heteroatoms. The Morgan fingerprint density at radius 1 is 1.25 bits per heavy atom. The summed E-state index contributed by atoms with van der Waals surface area (Å²) < 4.78 is 0. The fourth-order valence-corrected chi connectivity index (χ4v) is 3.22. The summed E-state index contributed by atoms with van der Waals surface area (Å²) in [6.07, 6.45) is 3.84. The minimum atomic E-state index is 0.521. The molecule has 0 spiro atoms. The van der Waals surface area contributed by atoms with Gasteiger partial charge in [-0.05, 0) is 62.9 Å². The first-order valence-electron chi connectivity index (χ1n) is 8.28. The van der Waals surface area contributed by atoms with Crippen LogP contribution < -0.4 is 5.32 Å². The Morgan fingerprint density at radius 3 is 2.55 bits per heavy atom. The fraction of sp³-hybridized carbons (Fsp3) is 0.667. The van der Waals surface area contributed by atoms with Crippen molar-refractivity contribution in [2.75, 3.05) is 26.2 Å². The fourth-order valence-electron chi connectivity index (χ4n) is 3.22. The van der Waals surface area contributed by atoms with Crippen molar-refractivity contribution in [2.24, 2.45) is 5.92 Å². The van der Waals surface area contributed by atoms with Crippen molar-refractivity contribution >= 4 is 0 Å². The Balaban J connectivity index is 1.97. The van der Waals surface area contributed by atoms with Gasteiger partial charge in [-0.25, -0.2) is 0 Å². The van der Waals surface area contributed by atoms with E-state index in [1.54, 1.807) is 0 Å². The smallest absolute Gasteiger partial charge is 0.0319 e. The van der Waals surface area contributed by atoms with E-state index in [4.69, 9.17) is 0 Å². The molecule has 0 aliphatic carbocycles. The minimum Gasteiger partial charge on any atom is -0.316 e. The van der Waals surface area contributed by atoms with Crippen LogP contribution in [0.5, 0.6) is 0 Å². The van der Waals surface area contributed by atoms with Gasteiger partial charge in [-0.2, -0.15) is 0 Å². The monoisotopic (exact) mass is 274 g/mol. The highest BCUT2D eigenvalue weighted by Gasteiger charge is 2.20. The van der Waals surface area contributed by atoms with Crippen LogP contribution in [0.2, 0.25) is 0 Å². The summed E-state index contributed by atoms with van der Waals surface area (Å²) in [4.78, 5) is 2.62. The third kappa shape index (κ3) is 4.07. The molecular weight excluding hydrogens is 244 g/mol. The predicted octanol–water partition coefficient (Wildman–Crippen LogP) is 3.63. The molecule has 1 heterocycles. The van der Waals surface area contributed by atoms with Crippen LogP contribution in [0.3, 0.4) is 0 Å². The molecule has 1 fully saturated rings. The van der Waals surface area contributed by atoms with Crippen LogP contribution in [0.1, 0.15) is 50.8 Å². The van der Waals surface area contributed by atoms with Crippen LogP contribution in [0.4, 0.5) is 0 Å². The van der Waals surface area contributed by atoms with Gasteiger partial charge in [-0.3, -0.25) is 4.90 Å². The molecule has 1 N–H and O–H groups in total. The lowest BCUT2D eigenvalue weighted by Crippen LogP contribution is -2.39. The van der Waals surface area contributed by atoms with Gasteiger partial charge in [0.25, 0.3) is 0 Å². The summed E-state index contributed by atoms with van der Waals surface area (Å²) in [5, 5.41) is 3.53. The Hall–Kier alpha value is -0.860. The molecule has 1 aliphatic rings. The van der Waals surface area contributed by atoms with E-state index in [2.05, 4.69) is 55.3 Å². The van der Waals surface area contributed by atoms with E-state index >= 15 is 0 Å². The van der Waals surface area contributed by atoms with Gasteiger partial charge in [-0.15, -0.1) is 0 Å². The Morgan fingerprint density at radius 2 is 2.00 bits per heavy atom. The molecule has 112 valence electrons. The summed E-state index contributed by atoms with van der Waals surface area (Å²) in [5.41, 5.74) is 2.88. The molecule has 2 unspecified atom stereocenters. The second kappa shape index (κ2) is 7.80. The highest BCUT2D eigenvalue weighted by atomic mass is 15.1. The van der Waals surface area contributed by atoms with E-state index in [0.717, 1.165) is 18.9 Å². The van der Waals surface area contributed by atoms with Crippen LogP contribution in [-0.2, 0) is 6.42 Å². The van der Waals surface area contributed by atoms with E-state index in [9.17, 15) is 0 Å². The summed E-state index contributed by atoms with van der Waals surface area (Å²) in [6, 6.07) is 9.70. The maximum atomic E-state index is 3.53. The molecule has 1 aliphatic heterocycles. The van der Waals surface area contributed by atoms with Crippen molar-refractivity contribution in [2.45, 2.75) is 46.1 Å². The van der Waals surface area contributed by atoms with E-state index in [-0.39, 0.29) is 0 Å². The van der Waals surface area contributed by atoms with Crippen molar-refractivity contribution < 1.29 is 0 Å². The standard InChI is InChI=1S/C18H30N2/c1-4-16-8-10-18(11-9-16)15(3)20(5-2)14-17-7-6-12-19-13-17/h8-11,15,17,19H,4-7,12-14H2,1-3H3. The quantitative estimate of drug-likeness (QED) is 0.852. The topological polar surface area (TPSA) is 15.3 Å². The van der Waals surface area contributed by atoms with Crippen LogP contribution in [0, 0.1) is 5.92 Å². The zero-order valence-electron chi connectivity index (χ0n) is 13.4. The molecule has 0 saturated carbocycles. The number of nitrogens with one attached hydrogen (secondary N) is 1. The largest absolute Gasteiger partial charge is 0.316 e. The third-order valence-electron chi connectivity index (χ3n) is 4.72. The highest BCUT2D eigenvalue weighted by molar-refractivity contribution is 5.24. The number of hydrogen-bond acceptors (Lipinski definition) is 2. The lowest BCUT2D eigenvalue weighted by molar-refractivity contribution is 0.171. The SMILES string of the molecule is CCc1ccc(C(C)N(CC)CC2CCCNC2)cc1. The molecule has 20 heavy (non-hydrogen) atoms. The molecule has 2 atom stereocenters. The van der Waals surface area contributed by atoms with Crippen molar-refractivity contribution in [1.29, 1.82) is 0 Å². The molecule has 1 aromatic carbocycles. The van der Waals surface area contributed by atoms with Gasteiger partial charge < -0.3 is 5.32 Å². The van der Waals surface area contributed by atoms with Crippen LogP contribution in [0.25, 0.3) is 0 Å². The summed E-state index contributed by atoms with van der Waals surface area (Å²) >= 11 is 0. The van der Waals surface area contributed by atoms with Gasteiger partial charge in [0.1, 0.15) is 0 Å². The molecule has 0 amide bonds. The summed E-state index contributed by atoms with van der Waals surface area (Å²) in [5.74, 6) is 0.820. The lowest BCUT2D eigenvalue weighted by atomic mass is 9.97. The highest BCUT2D eigenvalue weighted by Crippen LogP contribution is 2.23. The van der Waals surface area contributed by atoms with E-state index in [1.165, 1.54) is 43.6 Å². The summed E-state index contributed by atoms with van der Waals surface area (Å²) in [6.45, 7) is 11.6.